The zero-order valence-corrected chi connectivity index (χ0v) is 11.7. The van der Waals surface area contributed by atoms with Crippen molar-refractivity contribution in [3.63, 3.8) is 0 Å². The Morgan fingerprint density at radius 3 is 1.94 bits per heavy atom. The van der Waals surface area contributed by atoms with Crippen molar-refractivity contribution < 1.29 is 58.8 Å². The molecule has 0 aliphatic rings. The van der Waals surface area contributed by atoms with Gasteiger partial charge in [0.1, 0.15) is 5.75 Å². The second-order valence-corrected chi connectivity index (χ2v) is 4.62. The number of para-hydroxylation sites is 1. The van der Waals surface area contributed by atoms with Gasteiger partial charge in [-0.15, -0.1) is 3.63 Å². The molecule has 0 saturated carbocycles. The molecule has 1 rings (SSSR count). The van der Waals surface area contributed by atoms with Crippen molar-refractivity contribution >= 4 is 20.8 Å². The molecular weight excluding hydrogens is 271 g/mol. The fourth-order valence-corrected chi connectivity index (χ4v) is 1.98. The molecule has 1 aromatic carbocycles. The molecule has 84 valence electrons. The third-order valence-corrected chi connectivity index (χ3v) is 2.84. The summed E-state index contributed by atoms with van der Waals surface area (Å²) in [5, 5.41) is 0. The van der Waals surface area contributed by atoms with Crippen LogP contribution >= 0.6 is 0 Å². The largest absolute Gasteiger partial charge is 1.00 e. The summed E-state index contributed by atoms with van der Waals surface area (Å²) in [5.74, 6) is -0.166. The zero-order chi connectivity index (χ0) is 11.5. The van der Waals surface area contributed by atoms with E-state index in [4.69, 9.17) is 0 Å². The van der Waals surface area contributed by atoms with Crippen LogP contribution in [0.5, 0.6) is 5.75 Å². The molecule has 0 bridgehead atoms. The normalized spacial score (nSPS) is 11.6. The van der Waals surface area contributed by atoms with Crippen LogP contribution < -0.4 is 33.7 Å². The van der Waals surface area contributed by atoms with Crippen LogP contribution in [0.3, 0.4) is 0 Å². The minimum atomic E-state index is -5.36. The van der Waals surface area contributed by atoms with Gasteiger partial charge in [0.2, 0.25) is 10.4 Å². The third-order valence-electron chi connectivity index (χ3n) is 1.11. The predicted octanol–water partition coefficient (Wildman–Crippen LogP) is -3.21. The molecule has 0 amide bonds. The summed E-state index contributed by atoms with van der Waals surface area (Å²) in [6, 6.07) is 6.99. The van der Waals surface area contributed by atoms with Crippen LogP contribution in [0.2, 0.25) is 0 Å². The Morgan fingerprint density at radius 1 is 1.00 bits per heavy atom. The topological polar surface area (TPSA) is 110 Å². The van der Waals surface area contributed by atoms with Crippen molar-refractivity contribution in [2.75, 3.05) is 0 Å². The maximum absolute atomic E-state index is 10.8. The van der Waals surface area contributed by atoms with Crippen molar-refractivity contribution in [3.05, 3.63) is 30.3 Å². The van der Waals surface area contributed by atoms with Crippen molar-refractivity contribution in [1.82, 2.24) is 0 Å². The van der Waals surface area contributed by atoms with Gasteiger partial charge in [-0.2, -0.15) is 8.42 Å². The molecule has 0 saturated heterocycles. The maximum atomic E-state index is 10.8. The summed E-state index contributed by atoms with van der Waals surface area (Å²) in [6.07, 6.45) is 0. The average Bonchev–Trinajstić information content (AvgIpc) is 1.99. The average molecular weight is 276 g/mol. The molecule has 7 nitrogen and oxygen atoms in total. The Labute approximate surface area is 115 Å². The van der Waals surface area contributed by atoms with Gasteiger partial charge >= 0.3 is 40.0 Å². The predicted molar refractivity (Wildman–Crippen MR) is 46.8 cm³/mol. The van der Waals surface area contributed by atoms with Crippen LogP contribution in [-0.4, -0.2) is 21.4 Å². The monoisotopic (exact) mass is 276 g/mol. The summed E-state index contributed by atoms with van der Waals surface area (Å²) < 4.78 is 58.9. The van der Waals surface area contributed by atoms with E-state index in [1.165, 1.54) is 24.3 Å². The molecule has 1 aromatic rings. The number of hydrogen-bond acceptors (Lipinski definition) is 7. The first-order chi connectivity index (χ1) is 6.79. The number of benzene rings is 1. The quantitative estimate of drug-likeness (QED) is 0.323. The van der Waals surface area contributed by atoms with Crippen LogP contribution in [-0.2, 0) is 24.4 Å². The van der Waals surface area contributed by atoms with Gasteiger partial charge in [0.25, 0.3) is 0 Å². The van der Waals surface area contributed by atoms with Crippen LogP contribution in [0.1, 0.15) is 0 Å². The molecule has 0 fully saturated rings. The Hall–Kier alpha value is -0.160. The second kappa shape index (κ2) is 5.96. The third kappa shape index (κ3) is 6.43. The fraction of sp³-hybridized carbons (Fsp3) is 0. The molecule has 0 unspecified atom stereocenters. The first-order valence-corrected chi connectivity index (χ1v) is 6.11. The van der Waals surface area contributed by atoms with Crippen molar-refractivity contribution in [3.8, 4) is 5.75 Å². The van der Waals surface area contributed by atoms with Gasteiger partial charge in [-0.1, -0.05) is 18.2 Å². The first-order valence-electron chi connectivity index (χ1n) is 3.45. The van der Waals surface area contributed by atoms with E-state index in [0.29, 0.717) is 0 Å². The molecule has 0 heterocycles. The van der Waals surface area contributed by atoms with Gasteiger partial charge < -0.3 is 8.74 Å². The van der Waals surface area contributed by atoms with Gasteiger partial charge in [0.05, 0.1) is 0 Å². The van der Waals surface area contributed by atoms with E-state index in [1.54, 1.807) is 6.07 Å². The summed E-state index contributed by atoms with van der Waals surface area (Å²) in [5.41, 5.74) is 0. The summed E-state index contributed by atoms with van der Waals surface area (Å²) in [7, 11) is -10.3. The maximum Gasteiger partial charge on any atom is 1.00 e. The molecule has 0 radical (unpaired) electrons. The molecule has 16 heavy (non-hydrogen) atoms. The molecule has 0 aliphatic carbocycles. The van der Waals surface area contributed by atoms with Gasteiger partial charge in [-0.3, -0.25) is 0 Å². The molecule has 0 N–H and O–H groups in total. The fourth-order valence-electron chi connectivity index (χ4n) is 0.710. The molecule has 10 heteroatoms. The van der Waals surface area contributed by atoms with E-state index >= 15 is 0 Å². The van der Waals surface area contributed by atoms with Crippen molar-refractivity contribution in [2.24, 2.45) is 0 Å². The van der Waals surface area contributed by atoms with Crippen molar-refractivity contribution in [2.45, 2.75) is 0 Å². The number of hydrogen-bond donors (Lipinski definition) is 0. The van der Waals surface area contributed by atoms with E-state index < -0.39 is 20.8 Å². The van der Waals surface area contributed by atoms with Crippen LogP contribution in [0.15, 0.2) is 30.3 Å². The molecular formula is C6H5NaO7S2. The molecule has 0 spiro atoms. The Kier molecular flexibility index (Phi) is 5.90. The van der Waals surface area contributed by atoms with Gasteiger partial charge in [-0.05, 0) is 12.1 Å². The summed E-state index contributed by atoms with van der Waals surface area (Å²) in [6.45, 7) is 0. The Balaban J connectivity index is 0.00000225. The smallest absolute Gasteiger partial charge is 0.725 e. The van der Waals surface area contributed by atoms with E-state index in [-0.39, 0.29) is 35.3 Å². The molecule has 0 atom stereocenters. The van der Waals surface area contributed by atoms with Crippen molar-refractivity contribution in [1.29, 1.82) is 0 Å². The number of rotatable bonds is 4. The standard InChI is InChI=1S/C6H6O7S2.Na/c7-14(8,9)13-15(10,11)12-6-4-2-1-3-5-6;/h1-5H,(H,7,8,9);/q;+1/p-1. The van der Waals surface area contributed by atoms with Gasteiger partial charge in [0.15, 0.2) is 0 Å². The van der Waals surface area contributed by atoms with E-state index in [9.17, 15) is 21.4 Å². The van der Waals surface area contributed by atoms with E-state index in [2.05, 4.69) is 7.81 Å². The summed E-state index contributed by atoms with van der Waals surface area (Å²) >= 11 is 0. The zero-order valence-electron chi connectivity index (χ0n) is 8.06. The Bertz CT molecular complexity index is 521. The minimum absolute atomic E-state index is 0. The molecule has 0 aliphatic heterocycles. The first kappa shape index (κ1) is 15.8. The van der Waals surface area contributed by atoms with Crippen LogP contribution in [0.25, 0.3) is 0 Å². The minimum Gasteiger partial charge on any atom is -0.725 e. The SMILES string of the molecule is O=S(=O)([O-])OS(=O)(=O)Oc1ccccc1.[Na+]. The van der Waals surface area contributed by atoms with Crippen LogP contribution in [0, 0.1) is 0 Å². The summed E-state index contributed by atoms with van der Waals surface area (Å²) in [4.78, 5) is 0. The van der Waals surface area contributed by atoms with Gasteiger partial charge in [0, 0.05) is 0 Å². The molecule has 0 aromatic heterocycles. The van der Waals surface area contributed by atoms with Crippen LogP contribution in [0.4, 0.5) is 0 Å². The van der Waals surface area contributed by atoms with E-state index in [0.717, 1.165) is 0 Å². The Morgan fingerprint density at radius 2 is 1.50 bits per heavy atom. The van der Waals surface area contributed by atoms with Gasteiger partial charge in [-0.25, -0.2) is 8.42 Å². The van der Waals surface area contributed by atoms with E-state index in [1.807, 2.05) is 0 Å². The second-order valence-electron chi connectivity index (χ2n) is 2.28.